The number of aryl methyl sites for hydroxylation is 1. The van der Waals surface area contributed by atoms with Crippen LogP contribution in [0.1, 0.15) is 35.6 Å². The third-order valence-electron chi connectivity index (χ3n) is 4.08. The van der Waals surface area contributed by atoms with Crippen molar-refractivity contribution in [1.29, 1.82) is 0 Å². The fourth-order valence-electron chi connectivity index (χ4n) is 2.91. The third-order valence-corrected chi connectivity index (χ3v) is 4.08. The molecule has 1 N–H and O–H groups in total. The molecule has 2 aromatic carbocycles. The van der Waals surface area contributed by atoms with Gasteiger partial charge in [-0.1, -0.05) is 37.3 Å². The van der Waals surface area contributed by atoms with Crippen LogP contribution in [-0.4, -0.2) is 6.54 Å². The topological polar surface area (TPSA) is 21.3 Å². The van der Waals surface area contributed by atoms with Crippen molar-refractivity contribution in [3.63, 3.8) is 0 Å². The fourth-order valence-corrected chi connectivity index (χ4v) is 2.91. The Balaban J connectivity index is 1.82. The number of benzene rings is 2. The minimum Gasteiger partial charge on any atom is -0.372 e. The second-order valence-corrected chi connectivity index (χ2v) is 5.80. The van der Waals surface area contributed by atoms with Gasteiger partial charge in [-0.3, -0.25) is 0 Å². The molecule has 1 aliphatic rings. The standard InChI is InChI=1S/C19H23NO/c1-3-8-20-11-15-4-7-19(14(2)9-15)16-5-6-17-12-21-13-18(17)10-16/h4-7,9-10,20H,3,8,11-13H2,1-2H3. The summed E-state index contributed by atoms with van der Waals surface area (Å²) in [4.78, 5) is 0. The van der Waals surface area contributed by atoms with Crippen molar-refractivity contribution in [2.75, 3.05) is 6.54 Å². The molecule has 0 aromatic heterocycles. The van der Waals surface area contributed by atoms with Gasteiger partial charge in [0, 0.05) is 6.54 Å². The number of ether oxygens (including phenoxy) is 1. The first-order chi connectivity index (χ1) is 10.3. The lowest BCUT2D eigenvalue weighted by atomic mass is 9.96. The van der Waals surface area contributed by atoms with E-state index in [4.69, 9.17) is 4.74 Å². The molecule has 1 heterocycles. The van der Waals surface area contributed by atoms with Crippen molar-refractivity contribution in [2.24, 2.45) is 0 Å². The van der Waals surface area contributed by atoms with Crippen LogP contribution >= 0.6 is 0 Å². The average molecular weight is 281 g/mol. The van der Waals surface area contributed by atoms with E-state index in [1.807, 2.05) is 0 Å². The van der Waals surface area contributed by atoms with Gasteiger partial charge in [0.2, 0.25) is 0 Å². The van der Waals surface area contributed by atoms with Crippen molar-refractivity contribution in [1.82, 2.24) is 5.32 Å². The van der Waals surface area contributed by atoms with Crippen LogP contribution in [0.3, 0.4) is 0 Å². The SMILES string of the molecule is CCCNCc1ccc(-c2ccc3c(c2)COC3)c(C)c1. The largest absolute Gasteiger partial charge is 0.372 e. The fraction of sp³-hybridized carbons (Fsp3) is 0.368. The highest BCUT2D eigenvalue weighted by Gasteiger charge is 2.12. The van der Waals surface area contributed by atoms with Crippen molar-refractivity contribution >= 4 is 0 Å². The molecule has 1 aliphatic heterocycles. The van der Waals surface area contributed by atoms with Gasteiger partial charge in [0.1, 0.15) is 0 Å². The van der Waals surface area contributed by atoms with E-state index in [1.165, 1.54) is 39.8 Å². The van der Waals surface area contributed by atoms with Gasteiger partial charge in [-0.15, -0.1) is 0 Å². The molecule has 2 nitrogen and oxygen atoms in total. The first kappa shape index (κ1) is 14.3. The minimum atomic E-state index is 0.751. The molecule has 110 valence electrons. The summed E-state index contributed by atoms with van der Waals surface area (Å²) >= 11 is 0. The lowest BCUT2D eigenvalue weighted by Crippen LogP contribution is -2.13. The Bertz CT molecular complexity index is 633. The lowest BCUT2D eigenvalue weighted by molar-refractivity contribution is 0.134. The van der Waals surface area contributed by atoms with Gasteiger partial charge in [0.05, 0.1) is 13.2 Å². The molecule has 3 rings (SSSR count). The molecule has 0 spiro atoms. The van der Waals surface area contributed by atoms with Crippen molar-refractivity contribution in [3.8, 4) is 11.1 Å². The lowest BCUT2D eigenvalue weighted by Gasteiger charge is -2.11. The Hall–Kier alpha value is -1.64. The average Bonchev–Trinajstić information content (AvgIpc) is 2.95. The van der Waals surface area contributed by atoms with E-state index in [1.54, 1.807) is 0 Å². The van der Waals surface area contributed by atoms with Crippen LogP contribution < -0.4 is 5.32 Å². The predicted molar refractivity (Wildman–Crippen MR) is 87.1 cm³/mol. The van der Waals surface area contributed by atoms with E-state index < -0.39 is 0 Å². The third kappa shape index (κ3) is 3.17. The maximum Gasteiger partial charge on any atom is 0.0725 e. The zero-order valence-electron chi connectivity index (χ0n) is 12.9. The van der Waals surface area contributed by atoms with E-state index in [-0.39, 0.29) is 0 Å². The molecule has 0 atom stereocenters. The highest BCUT2D eigenvalue weighted by Crippen LogP contribution is 2.29. The van der Waals surface area contributed by atoms with Crippen LogP contribution in [0, 0.1) is 6.92 Å². The second kappa shape index (κ2) is 6.42. The van der Waals surface area contributed by atoms with Crippen LogP contribution in [0.2, 0.25) is 0 Å². The molecule has 0 unspecified atom stereocenters. The molecule has 0 saturated heterocycles. The van der Waals surface area contributed by atoms with Crippen LogP contribution in [0.25, 0.3) is 11.1 Å². The zero-order chi connectivity index (χ0) is 14.7. The Morgan fingerprint density at radius 2 is 1.90 bits per heavy atom. The second-order valence-electron chi connectivity index (χ2n) is 5.80. The summed E-state index contributed by atoms with van der Waals surface area (Å²) in [5.74, 6) is 0. The molecule has 0 fully saturated rings. The number of hydrogen-bond acceptors (Lipinski definition) is 2. The quantitative estimate of drug-likeness (QED) is 0.830. The summed E-state index contributed by atoms with van der Waals surface area (Å²) in [7, 11) is 0. The normalized spacial score (nSPS) is 13.4. The Morgan fingerprint density at radius 1 is 1.05 bits per heavy atom. The number of fused-ring (bicyclic) bond motifs is 1. The summed E-state index contributed by atoms with van der Waals surface area (Å²) in [6, 6.07) is 13.5. The summed E-state index contributed by atoms with van der Waals surface area (Å²) < 4.78 is 5.50. The predicted octanol–water partition coefficient (Wildman–Crippen LogP) is 4.19. The van der Waals surface area contributed by atoms with Crippen LogP contribution in [0.5, 0.6) is 0 Å². The molecule has 0 aliphatic carbocycles. The molecule has 0 radical (unpaired) electrons. The Labute approximate surface area is 127 Å². The van der Waals surface area contributed by atoms with Gasteiger partial charge in [-0.05, 0) is 59.3 Å². The van der Waals surface area contributed by atoms with Gasteiger partial charge >= 0.3 is 0 Å². The highest BCUT2D eigenvalue weighted by molar-refractivity contribution is 5.69. The van der Waals surface area contributed by atoms with Crippen molar-refractivity contribution in [2.45, 2.75) is 40.0 Å². The van der Waals surface area contributed by atoms with Crippen LogP contribution in [-0.2, 0) is 24.5 Å². The summed E-state index contributed by atoms with van der Waals surface area (Å²) in [6.45, 7) is 7.93. The summed E-state index contributed by atoms with van der Waals surface area (Å²) in [5.41, 5.74) is 7.98. The van der Waals surface area contributed by atoms with E-state index in [9.17, 15) is 0 Å². The molecular weight excluding hydrogens is 258 g/mol. The first-order valence-electron chi connectivity index (χ1n) is 7.78. The van der Waals surface area contributed by atoms with Crippen LogP contribution in [0.4, 0.5) is 0 Å². The Morgan fingerprint density at radius 3 is 2.71 bits per heavy atom. The van der Waals surface area contributed by atoms with Gasteiger partial charge in [0.15, 0.2) is 0 Å². The maximum atomic E-state index is 5.50. The number of rotatable bonds is 5. The molecule has 2 heteroatoms. The number of nitrogens with one attached hydrogen (secondary N) is 1. The molecule has 0 saturated carbocycles. The minimum absolute atomic E-state index is 0.751. The maximum absolute atomic E-state index is 5.50. The smallest absolute Gasteiger partial charge is 0.0725 e. The Kier molecular flexibility index (Phi) is 4.37. The zero-order valence-corrected chi connectivity index (χ0v) is 12.9. The van der Waals surface area contributed by atoms with E-state index in [2.05, 4.69) is 55.6 Å². The van der Waals surface area contributed by atoms with Gasteiger partial charge in [-0.2, -0.15) is 0 Å². The molecular formula is C19H23NO. The molecule has 0 amide bonds. The monoisotopic (exact) mass is 281 g/mol. The summed E-state index contributed by atoms with van der Waals surface area (Å²) in [5, 5.41) is 3.46. The molecule has 0 bridgehead atoms. The summed E-state index contributed by atoms with van der Waals surface area (Å²) in [6.07, 6.45) is 1.17. The van der Waals surface area contributed by atoms with E-state index >= 15 is 0 Å². The van der Waals surface area contributed by atoms with E-state index in [0.717, 1.165) is 26.3 Å². The van der Waals surface area contributed by atoms with E-state index in [0.29, 0.717) is 0 Å². The van der Waals surface area contributed by atoms with Crippen molar-refractivity contribution in [3.05, 3.63) is 58.7 Å². The van der Waals surface area contributed by atoms with Crippen molar-refractivity contribution < 1.29 is 4.74 Å². The van der Waals surface area contributed by atoms with Gasteiger partial charge in [-0.25, -0.2) is 0 Å². The number of hydrogen-bond donors (Lipinski definition) is 1. The molecule has 2 aromatic rings. The van der Waals surface area contributed by atoms with Gasteiger partial charge in [0.25, 0.3) is 0 Å². The first-order valence-corrected chi connectivity index (χ1v) is 7.78. The highest BCUT2D eigenvalue weighted by atomic mass is 16.5. The molecule has 21 heavy (non-hydrogen) atoms. The van der Waals surface area contributed by atoms with Crippen LogP contribution in [0.15, 0.2) is 36.4 Å². The van der Waals surface area contributed by atoms with Gasteiger partial charge < -0.3 is 10.1 Å².